The smallest absolute Gasteiger partial charge is 0.320 e. The number of rotatable bonds is 1. The Kier molecular flexibility index (Phi) is 5.30. The fourth-order valence-electron chi connectivity index (χ4n) is 4.41. The van der Waals surface area contributed by atoms with Crippen LogP contribution in [0.3, 0.4) is 0 Å². The summed E-state index contributed by atoms with van der Waals surface area (Å²) in [6, 6.07) is 2.07. The van der Waals surface area contributed by atoms with Crippen molar-refractivity contribution >= 4 is 39.4 Å². The molecule has 3 aliphatic heterocycles. The second-order valence-electron chi connectivity index (χ2n) is 7.54. The molecule has 0 saturated carbocycles. The number of nitrogens with zero attached hydrogens (tertiary/aromatic N) is 4. The van der Waals surface area contributed by atoms with E-state index in [0.717, 1.165) is 55.7 Å². The van der Waals surface area contributed by atoms with Crippen LogP contribution in [0.1, 0.15) is 19.3 Å². The number of pyridine rings is 1. The lowest BCUT2D eigenvalue weighted by molar-refractivity contribution is 0.0440. The van der Waals surface area contributed by atoms with Gasteiger partial charge in [-0.1, -0.05) is 11.6 Å². The molecule has 4 heterocycles. The highest BCUT2D eigenvalue weighted by Crippen LogP contribution is 2.41. The number of hydrogen-bond acceptors (Lipinski definition) is 4. The zero-order valence-electron chi connectivity index (χ0n) is 14.8. The third-order valence-electron chi connectivity index (χ3n) is 5.74. The normalized spacial score (nSPS) is 26.6. The number of aromatic nitrogens is 1. The van der Waals surface area contributed by atoms with Crippen LogP contribution in [0.25, 0.3) is 0 Å². The topological polar surface area (TPSA) is 48.9 Å². The van der Waals surface area contributed by atoms with Gasteiger partial charge in [-0.05, 0) is 41.3 Å². The molecule has 1 aromatic heterocycles. The second-order valence-corrected chi connectivity index (χ2v) is 8.86. The fraction of sp³-hybridized carbons (Fsp3) is 0.667. The van der Waals surface area contributed by atoms with Gasteiger partial charge < -0.3 is 19.4 Å². The van der Waals surface area contributed by atoms with Crippen molar-refractivity contribution in [1.82, 2.24) is 14.8 Å². The quantitative estimate of drug-likeness (QED) is 0.668. The van der Waals surface area contributed by atoms with E-state index in [2.05, 4.69) is 25.8 Å². The number of hydrogen-bond donors (Lipinski definition) is 0. The van der Waals surface area contributed by atoms with Crippen molar-refractivity contribution in [2.45, 2.75) is 19.3 Å². The van der Waals surface area contributed by atoms with Gasteiger partial charge in [0.2, 0.25) is 0 Å². The Morgan fingerprint density at radius 1 is 1.15 bits per heavy atom. The predicted octanol–water partition coefficient (Wildman–Crippen LogP) is 3.24. The lowest BCUT2D eigenvalue weighted by atomic mass is 9.79. The number of amides is 2. The first kappa shape index (κ1) is 18.3. The van der Waals surface area contributed by atoms with Gasteiger partial charge in [-0.25, -0.2) is 9.78 Å². The summed E-state index contributed by atoms with van der Waals surface area (Å²) in [5.74, 6) is 0.854. The van der Waals surface area contributed by atoms with Gasteiger partial charge in [-0.2, -0.15) is 0 Å². The number of carbonyl (C=O) groups excluding carboxylic acids is 1. The van der Waals surface area contributed by atoms with E-state index in [1.807, 2.05) is 15.9 Å². The summed E-state index contributed by atoms with van der Waals surface area (Å²) < 4.78 is 6.25. The van der Waals surface area contributed by atoms with Crippen LogP contribution in [-0.4, -0.2) is 73.3 Å². The number of morpholine rings is 1. The summed E-state index contributed by atoms with van der Waals surface area (Å²) in [5.41, 5.74) is 0.151. The Labute approximate surface area is 167 Å². The zero-order chi connectivity index (χ0) is 18.1. The average molecular weight is 444 g/mol. The molecule has 1 unspecified atom stereocenters. The van der Waals surface area contributed by atoms with Crippen LogP contribution >= 0.6 is 27.5 Å². The molecule has 1 spiro atoms. The first-order valence-corrected chi connectivity index (χ1v) is 10.4. The lowest BCUT2D eigenvalue weighted by Gasteiger charge is -2.41. The van der Waals surface area contributed by atoms with E-state index in [1.54, 1.807) is 6.20 Å². The molecule has 6 nitrogen and oxygen atoms in total. The third-order valence-corrected chi connectivity index (χ3v) is 6.45. The summed E-state index contributed by atoms with van der Waals surface area (Å²) >= 11 is 9.84. The molecule has 3 saturated heterocycles. The Morgan fingerprint density at radius 2 is 1.96 bits per heavy atom. The Morgan fingerprint density at radius 3 is 2.73 bits per heavy atom. The highest BCUT2D eigenvalue weighted by molar-refractivity contribution is 9.10. The molecule has 1 atom stereocenters. The SMILES string of the molecule is O=C(N1CCOCC1)N1CCC2(CCCN(c3ncc(Br)cc3Cl)C2)C1. The van der Waals surface area contributed by atoms with Gasteiger partial charge in [0.25, 0.3) is 0 Å². The zero-order valence-corrected chi connectivity index (χ0v) is 17.1. The number of carbonyl (C=O) groups is 1. The molecule has 142 valence electrons. The van der Waals surface area contributed by atoms with Gasteiger partial charge in [-0.15, -0.1) is 0 Å². The molecule has 0 N–H and O–H groups in total. The maximum Gasteiger partial charge on any atom is 0.320 e. The summed E-state index contributed by atoms with van der Waals surface area (Å²) in [5, 5.41) is 0.677. The second kappa shape index (κ2) is 7.52. The number of urea groups is 1. The van der Waals surface area contributed by atoms with Gasteiger partial charge in [0, 0.05) is 55.4 Å². The molecule has 0 aromatic carbocycles. The number of likely N-dealkylation sites (tertiary alicyclic amines) is 1. The molecular weight excluding hydrogens is 420 g/mol. The maximum absolute atomic E-state index is 12.8. The molecule has 0 radical (unpaired) electrons. The largest absolute Gasteiger partial charge is 0.378 e. The van der Waals surface area contributed by atoms with Crippen LogP contribution in [0.15, 0.2) is 16.7 Å². The first-order valence-electron chi connectivity index (χ1n) is 9.24. The molecule has 1 aromatic rings. The van der Waals surface area contributed by atoms with Gasteiger partial charge in [0.15, 0.2) is 0 Å². The first-order chi connectivity index (χ1) is 12.6. The van der Waals surface area contributed by atoms with Crippen LogP contribution in [0.5, 0.6) is 0 Å². The van der Waals surface area contributed by atoms with Gasteiger partial charge >= 0.3 is 6.03 Å². The van der Waals surface area contributed by atoms with Crippen molar-refractivity contribution in [3.05, 3.63) is 21.8 Å². The maximum atomic E-state index is 12.8. The third kappa shape index (κ3) is 3.66. The van der Waals surface area contributed by atoms with E-state index in [1.165, 1.54) is 0 Å². The Hall–Kier alpha value is -1.05. The van der Waals surface area contributed by atoms with Gasteiger partial charge in [0.05, 0.1) is 18.2 Å². The van der Waals surface area contributed by atoms with Crippen LogP contribution in [-0.2, 0) is 4.74 Å². The molecule has 26 heavy (non-hydrogen) atoms. The van der Waals surface area contributed by atoms with E-state index in [9.17, 15) is 4.79 Å². The molecule has 2 amide bonds. The highest BCUT2D eigenvalue weighted by Gasteiger charge is 2.44. The van der Waals surface area contributed by atoms with Gasteiger partial charge in [0.1, 0.15) is 5.82 Å². The molecule has 3 fully saturated rings. The van der Waals surface area contributed by atoms with E-state index < -0.39 is 0 Å². The predicted molar refractivity (Wildman–Crippen MR) is 105 cm³/mol. The summed E-state index contributed by atoms with van der Waals surface area (Å²) in [6.45, 7) is 6.24. The summed E-state index contributed by atoms with van der Waals surface area (Å²) in [6.07, 6.45) is 5.11. The van der Waals surface area contributed by atoms with Crippen molar-refractivity contribution in [2.24, 2.45) is 5.41 Å². The van der Waals surface area contributed by atoms with Crippen molar-refractivity contribution < 1.29 is 9.53 Å². The van der Waals surface area contributed by atoms with E-state index in [0.29, 0.717) is 31.3 Å². The van der Waals surface area contributed by atoms with E-state index in [4.69, 9.17) is 16.3 Å². The average Bonchev–Trinajstić information content (AvgIpc) is 3.05. The molecular formula is C18H24BrClN4O2. The minimum atomic E-state index is 0.151. The highest BCUT2D eigenvalue weighted by atomic mass is 79.9. The van der Waals surface area contributed by atoms with Crippen molar-refractivity contribution in [3.63, 3.8) is 0 Å². The number of ether oxygens (including phenoxy) is 1. The minimum absolute atomic E-state index is 0.151. The Balaban J connectivity index is 1.44. The van der Waals surface area contributed by atoms with Crippen LogP contribution in [0, 0.1) is 5.41 Å². The molecule has 0 bridgehead atoms. The molecule has 4 rings (SSSR count). The molecule has 8 heteroatoms. The number of piperidine rings is 1. The van der Waals surface area contributed by atoms with E-state index >= 15 is 0 Å². The standard InChI is InChI=1S/C18H24BrClN4O2/c19-14-10-15(20)16(21-11-14)23-4-1-2-18(12-23)3-5-24(13-18)17(25)22-6-8-26-9-7-22/h10-11H,1-9,12-13H2. The Bertz CT molecular complexity index is 685. The monoisotopic (exact) mass is 442 g/mol. The summed E-state index contributed by atoms with van der Waals surface area (Å²) in [4.78, 5) is 23.6. The molecule has 3 aliphatic rings. The number of halogens is 2. The van der Waals surface area contributed by atoms with Crippen LogP contribution < -0.4 is 4.90 Å². The lowest BCUT2D eigenvalue weighted by Crippen LogP contribution is -2.50. The van der Waals surface area contributed by atoms with Crippen molar-refractivity contribution in [2.75, 3.05) is 57.4 Å². The van der Waals surface area contributed by atoms with Crippen LogP contribution in [0.4, 0.5) is 10.6 Å². The van der Waals surface area contributed by atoms with E-state index in [-0.39, 0.29) is 11.4 Å². The fourth-order valence-corrected chi connectivity index (χ4v) is 5.16. The van der Waals surface area contributed by atoms with Crippen molar-refractivity contribution in [1.29, 1.82) is 0 Å². The molecule has 0 aliphatic carbocycles. The van der Waals surface area contributed by atoms with Gasteiger partial charge in [-0.3, -0.25) is 0 Å². The summed E-state index contributed by atoms with van der Waals surface area (Å²) in [7, 11) is 0. The van der Waals surface area contributed by atoms with Crippen molar-refractivity contribution in [3.8, 4) is 0 Å². The van der Waals surface area contributed by atoms with Crippen LogP contribution in [0.2, 0.25) is 5.02 Å². The number of anilines is 1. The minimum Gasteiger partial charge on any atom is -0.378 e.